The largest absolute Gasteiger partial charge is 0.484 e. The number of hydrogen-bond acceptors (Lipinski definition) is 4. The lowest BCUT2D eigenvalue weighted by atomic mass is 10.1. The Kier molecular flexibility index (Phi) is 5.60. The number of aryl methyl sites for hydroxylation is 2. The Bertz CT molecular complexity index is 578. The average molecular weight is 320 g/mol. The Balaban J connectivity index is 1.81. The molecule has 0 unspecified atom stereocenters. The summed E-state index contributed by atoms with van der Waals surface area (Å²) in [5.41, 5.74) is 2.31. The van der Waals surface area contributed by atoms with Crippen molar-refractivity contribution in [3.05, 3.63) is 29.3 Å². The highest BCUT2D eigenvalue weighted by atomic mass is 16.5. The maximum atomic E-state index is 12.2. The Morgan fingerprint density at radius 2 is 1.74 bits per heavy atom. The van der Waals surface area contributed by atoms with Gasteiger partial charge in [-0.15, -0.1) is 0 Å². The van der Waals surface area contributed by atoms with E-state index in [1.54, 1.807) is 9.80 Å². The number of ether oxygens (including phenoxy) is 1. The van der Waals surface area contributed by atoms with E-state index in [0.29, 0.717) is 31.9 Å². The number of piperazine rings is 1. The summed E-state index contributed by atoms with van der Waals surface area (Å²) in [4.78, 5) is 27.1. The molecule has 1 fully saturated rings. The normalized spacial score (nSPS) is 16.2. The Labute approximate surface area is 136 Å². The highest BCUT2D eigenvalue weighted by molar-refractivity contribution is 5.81. The van der Waals surface area contributed by atoms with E-state index in [0.717, 1.165) is 5.56 Å². The predicted molar refractivity (Wildman–Crippen MR) is 86.3 cm³/mol. The molecule has 126 valence electrons. The van der Waals surface area contributed by atoms with Crippen molar-refractivity contribution in [1.29, 1.82) is 0 Å². The number of rotatable bonds is 4. The average Bonchev–Trinajstić information content (AvgIpc) is 2.55. The third-order valence-corrected chi connectivity index (χ3v) is 4.14. The molecule has 1 aliphatic heterocycles. The van der Waals surface area contributed by atoms with E-state index >= 15 is 0 Å². The highest BCUT2D eigenvalue weighted by Gasteiger charge is 2.26. The van der Waals surface area contributed by atoms with Gasteiger partial charge in [0.1, 0.15) is 11.9 Å². The molecule has 6 heteroatoms. The van der Waals surface area contributed by atoms with E-state index in [-0.39, 0.29) is 18.4 Å². The monoisotopic (exact) mass is 320 g/mol. The van der Waals surface area contributed by atoms with Gasteiger partial charge in [-0.2, -0.15) is 0 Å². The number of hydrogen-bond donors (Lipinski definition) is 1. The third-order valence-electron chi connectivity index (χ3n) is 4.14. The Morgan fingerprint density at radius 3 is 2.30 bits per heavy atom. The van der Waals surface area contributed by atoms with Crippen molar-refractivity contribution >= 4 is 11.8 Å². The first-order chi connectivity index (χ1) is 10.9. The fourth-order valence-electron chi connectivity index (χ4n) is 2.48. The van der Waals surface area contributed by atoms with Crippen molar-refractivity contribution in [2.24, 2.45) is 0 Å². The molecule has 6 nitrogen and oxygen atoms in total. The van der Waals surface area contributed by atoms with Crippen LogP contribution in [0.15, 0.2) is 18.2 Å². The summed E-state index contributed by atoms with van der Waals surface area (Å²) in [6, 6.07) is 5.74. The fraction of sp³-hybridized carbons (Fsp3) is 0.529. The van der Waals surface area contributed by atoms with Crippen LogP contribution in [0.3, 0.4) is 0 Å². The van der Waals surface area contributed by atoms with Crippen molar-refractivity contribution in [2.45, 2.75) is 26.9 Å². The summed E-state index contributed by atoms with van der Waals surface area (Å²) >= 11 is 0. The van der Waals surface area contributed by atoms with Gasteiger partial charge in [0.05, 0.1) is 0 Å². The minimum Gasteiger partial charge on any atom is -0.484 e. The lowest BCUT2D eigenvalue weighted by Gasteiger charge is -2.35. The second kappa shape index (κ2) is 7.46. The maximum Gasteiger partial charge on any atom is 0.260 e. The number of carbonyl (C=O) groups is 2. The maximum absolute atomic E-state index is 12.2. The topological polar surface area (TPSA) is 70.1 Å². The number of amides is 2. The SMILES string of the molecule is Cc1ccc(OCC(=O)N2CCN(C(=O)[C@@H](C)O)CC2)cc1C. The molecule has 1 N–H and O–H groups in total. The molecule has 0 radical (unpaired) electrons. The molecule has 1 atom stereocenters. The minimum absolute atomic E-state index is 0.00709. The molecule has 2 amide bonds. The van der Waals surface area contributed by atoms with Gasteiger partial charge in [0, 0.05) is 26.2 Å². The van der Waals surface area contributed by atoms with E-state index in [4.69, 9.17) is 4.74 Å². The van der Waals surface area contributed by atoms with Crippen LogP contribution in [0.4, 0.5) is 0 Å². The number of aliphatic hydroxyl groups excluding tert-OH is 1. The van der Waals surface area contributed by atoms with E-state index < -0.39 is 6.10 Å². The van der Waals surface area contributed by atoms with Crippen molar-refractivity contribution < 1.29 is 19.4 Å². The second-order valence-electron chi connectivity index (χ2n) is 5.92. The van der Waals surface area contributed by atoms with Gasteiger partial charge in [-0.3, -0.25) is 9.59 Å². The number of benzene rings is 1. The lowest BCUT2D eigenvalue weighted by Crippen LogP contribution is -2.53. The zero-order valence-corrected chi connectivity index (χ0v) is 13.9. The van der Waals surface area contributed by atoms with Gasteiger partial charge in [-0.25, -0.2) is 0 Å². The molecule has 0 spiro atoms. The molecular formula is C17H24N2O4. The van der Waals surface area contributed by atoms with Gasteiger partial charge in [0.2, 0.25) is 0 Å². The van der Waals surface area contributed by atoms with E-state index in [2.05, 4.69) is 0 Å². The van der Waals surface area contributed by atoms with Crippen LogP contribution < -0.4 is 4.74 Å². The first-order valence-electron chi connectivity index (χ1n) is 7.83. The quantitative estimate of drug-likeness (QED) is 0.888. The summed E-state index contributed by atoms with van der Waals surface area (Å²) in [7, 11) is 0. The van der Waals surface area contributed by atoms with Crippen molar-refractivity contribution in [2.75, 3.05) is 32.8 Å². The lowest BCUT2D eigenvalue weighted by molar-refractivity contribution is -0.145. The summed E-state index contributed by atoms with van der Waals surface area (Å²) in [5.74, 6) is 0.306. The van der Waals surface area contributed by atoms with E-state index in [1.165, 1.54) is 12.5 Å². The van der Waals surface area contributed by atoms with Gasteiger partial charge < -0.3 is 19.6 Å². The van der Waals surface area contributed by atoms with Crippen LogP contribution in [-0.2, 0) is 9.59 Å². The second-order valence-corrected chi connectivity index (χ2v) is 5.92. The molecule has 1 aromatic carbocycles. The summed E-state index contributed by atoms with van der Waals surface area (Å²) in [6.45, 7) is 7.30. The van der Waals surface area contributed by atoms with Crippen LogP contribution in [0.25, 0.3) is 0 Å². The standard InChI is InChI=1S/C17H24N2O4/c1-12-4-5-15(10-13(12)2)23-11-16(21)18-6-8-19(9-7-18)17(22)14(3)20/h4-5,10,14,20H,6-9,11H2,1-3H3/t14-/m1/s1. The molecule has 0 aliphatic carbocycles. The molecule has 23 heavy (non-hydrogen) atoms. The van der Waals surface area contributed by atoms with Gasteiger partial charge in [-0.05, 0) is 44.0 Å². The molecule has 0 bridgehead atoms. The molecule has 1 aromatic rings. The number of carbonyl (C=O) groups excluding carboxylic acids is 2. The summed E-state index contributed by atoms with van der Waals surface area (Å²) < 4.78 is 5.56. The smallest absolute Gasteiger partial charge is 0.260 e. The zero-order valence-electron chi connectivity index (χ0n) is 13.9. The van der Waals surface area contributed by atoms with Crippen LogP contribution in [0, 0.1) is 13.8 Å². The van der Waals surface area contributed by atoms with Crippen molar-refractivity contribution in [3.63, 3.8) is 0 Å². The Morgan fingerprint density at radius 1 is 1.13 bits per heavy atom. The van der Waals surface area contributed by atoms with Crippen LogP contribution in [0.5, 0.6) is 5.75 Å². The van der Waals surface area contributed by atoms with Gasteiger partial charge in [-0.1, -0.05) is 6.07 Å². The van der Waals surface area contributed by atoms with Crippen LogP contribution in [0.1, 0.15) is 18.1 Å². The van der Waals surface area contributed by atoms with Gasteiger partial charge in [0.15, 0.2) is 6.61 Å². The molecule has 1 aliphatic rings. The predicted octanol–water partition coefficient (Wildman–Crippen LogP) is 0.734. The van der Waals surface area contributed by atoms with E-state index in [9.17, 15) is 14.7 Å². The molecule has 0 aromatic heterocycles. The number of aliphatic hydroxyl groups is 1. The van der Waals surface area contributed by atoms with Crippen LogP contribution in [-0.4, -0.2) is 65.6 Å². The number of nitrogens with zero attached hydrogens (tertiary/aromatic N) is 2. The highest BCUT2D eigenvalue weighted by Crippen LogP contribution is 2.16. The Hall–Kier alpha value is -2.08. The summed E-state index contributed by atoms with van der Waals surface area (Å²) in [5, 5.41) is 9.31. The molecule has 1 saturated heterocycles. The first-order valence-corrected chi connectivity index (χ1v) is 7.83. The molecule has 2 rings (SSSR count). The molecule has 1 heterocycles. The molecular weight excluding hydrogens is 296 g/mol. The van der Waals surface area contributed by atoms with E-state index in [1.807, 2.05) is 32.0 Å². The third kappa shape index (κ3) is 4.45. The van der Waals surface area contributed by atoms with Crippen molar-refractivity contribution in [3.8, 4) is 5.75 Å². The zero-order chi connectivity index (χ0) is 17.0. The van der Waals surface area contributed by atoms with Crippen LogP contribution in [0.2, 0.25) is 0 Å². The summed E-state index contributed by atoms with van der Waals surface area (Å²) in [6.07, 6.45) is -0.995. The molecule has 0 saturated carbocycles. The van der Waals surface area contributed by atoms with Crippen molar-refractivity contribution in [1.82, 2.24) is 9.80 Å². The van der Waals surface area contributed by atoms with Gasteiger partial charge in [0.25, 0.3) is 11.8 Å². The van der Waals surface area contributed by atoms with Gasteiger partial charge >= 0.3 is 0 Å². The first kappa shape index (κ1) is 17.3. The fourth-order valence-corrected chi connectivity index (χ4v) is 2.48. The van der Waals surface area contributed by atoms with Crippen LogP contribution >= 0.6 is 0 Å². The minimum atomic E-state index is -0.995.